The molecule has 0 spiro atoms. The van der Waals surface area contributed by atoms with Crippen molar-refractivity contribution >= 4 is 11.3 Å². The Morgan fingerprint density at radius 2 is 2.16 bits per heavy atom. The molecular formula is C16H28N2S. The zero-order chi connectivity index (χ0) is 13.9. The minimum Gasteiger partial charge on any atom is -0.307 e. The van der Waals surface area contributed by atoms with Crippen LogP contribution in [0.5, 0.6) is 0 Å². The summed E-state index contributed by atoms with van der Waals surface area (Å²) >= 11 is 1.92. The van der Waals surface area contributed by atoms with Crippen LogP contribution in [0.15, 0.2) is 6.20 Å². The van der Waals surface area contributed by atoms with Crippen molar-refractivity contribution in [3.05, 3.63) is 16.1 Å². The van der Waals surface area contributed by atoms with E-state index in [0.29, 0.717) is 0 Å². The highest BCUT2D eigenvalue weighted by Crippen LogP contribution is 2.38. The second-order valence-corrected chi connectivity index (χ2v) is 8.05. The van der Waals surface area contributed by atoms with Crippen molar-refractivity contribution in [3.8, 4) is 0 Å². The van der Waals surface area contributed by atoms with Gasteiger partial charge in [-0.2, -0.15) is 0 Å². The van der Waals surface area contributed by atoms with Crippen molar-refractivity contribution in [1.29, 1.82) is 0 Å². The quantitative estimate of drug-likeness (QED) is 0.863. The van der Waals surface area contributed by atoms with Crippen LogP contribution in [-0.4, -0.2) is 10.5 Å². The van der Waals surface area contributed by atoms with Crippen molar-refractivity contribution in [2.24, 2.45) is 5.92 Å². The fraction of sp³-hybridized carbons (Fsp3) is 0.812. The smallest absolute Gasteiger partial charge is 0.0959 e. The Hall–Kier alpha value is -0.410. The molecule has 0 aliphatic heterocycles. The molecule has 0 aromatic carbocycles. The zero-order valence-electron chi connectivity index (χ0n) is 12.8. The van der Waals surface area contributed by atoms with Crippen LogP contribution in [0.1, 0.15) is 75.6 Å². The van der Waals surface area contributed by atoms with E-state index in [1.807, 2.05) is 11.3 Å². The third kappa shape index (κ3) is 4.57. The first kappa shape index (κ1) is 15.0. The predicted octanol–water partition coefficient (Wildman–Crippen LogP) is 4.72. The molecule has 108 valence electrons. The Morgan fingerprint density at radius 1 is 1.37 bits per heavy atom. The van der Waals surface area contributed by atoms with E-state index in [1.54, 1.807) is 0 Å². The first-order chi connectivity index (χ1) is 8.98. The SMILES string of the molecule is CCC1CCCC(c2ncc(CNC(C)(C)C)s2)C1. The molecule has 2 nitrogen and oxygen atoms in total. The maximum Gasteiger partial charge on any atom is 0.0959 e. The van der Waals surface area contributed by atoms with Gasteiger partial charge >= 0.3 is 0 Å². The van der Waals surface area contributed by atoms with Crippen LogP contribution >= 0.6 is 11.3 Å². The average Bonchev–Trinajstić information content (AvgIpc) is 2.84. The lowest BCUT2D eigenvalue weighted by atomic mass is 9.80. The van der Waals surface area contributed by atoms with Gasteiger partial charge in [-0.3, -0.25) is 0 Å². The van der Waals surface area contributed by atoms with E-state index in [1.165, 1.54) is 42.0 Å². The number of nitrogens with zero attached hydrogens (tertiary/aromatic N) is 1. The lowest BCUT2D eigenvalue weighted by molar-refractivity contribution is 0.314. The standard InChI is InChI=1S/C16H28N2S/c1-5-12-7-6-8-13(9-12)15-17-10-14(19-15)11-18-16(2,3)4/h10,12-13,18H,5-9,11H2,1-4H3. The molecule has 1 heterocycles. The van der Waals surface area contributed by atoms with Crippen LogP contribution < -0.4 is 5.32 Å². The molecule has 0 radical (unpaired) electrons. The molecule has 0 saturated heterocycles. The highest BCUT2D eigenvalue weighted by atomic mass is 32.1. The van der Waals surface area contributed by atoms with Crippen molar-refractivity contribution in [2.45, 2.75) is 77.8 Å². The van der Waals surface area contributed by atoms with Crippen molar-refractivity contribution in [3.63, 3.8) is 0 Å². The summed E-state index contributed by atoms with van der Waals surface area (Å²) in [7, 11) is 0. The van der Waals surface area contributed by atoms with Crippen molar-refractivity contribution in [2.75, 3.05) is 0 Å². The molecule has 1 aliphatic carbocycles. The molecule has 1 fully saturated rings. The van der Waals surface area contributed by atoms with Crippen LogP contribution in [0.4, 0.5) is 0 Å². The number of thiazole rings is 1. The normalized spacial score (nSPS) is 24.6. The number of nitrogens with one attached hydrogen (secondary N) is 1. The van der Waals surface area contributed by atoms with E-state index in [-0.39, 0.29) is 5.54 Å². The van der Waals surface area contributed by atoms with Crippen LogP contribution in [0.2, 0.25) is 0 Å². The van der Waals surface area contributed by atoms with Gasteiger partial charge in [0.05, 0.1) is 5.01 Å². The first-order valence-electron chi connectivity index (χ1n) is 7.67. The number of hydrogen-bond acceptors (Lipinski definition) is 3. The zero-order valence-corrected chi connectivity index (χ0v) is 13.6. The second-order valence-electron chi connectivity index (χ2n) is 6.91. The largest absolute Gasteiger partial charge is 0.307 e. The third-order valence-electron chi connectivity index (χ3n) is 4.07. The molecule has 1 aromatic rings. The molecule has 0 amide bonds. The summed E-state index contributed by atoms with van der Waals surface area (Å²) in [6, 6.07) is 0. The maximum absolute atomic E-state index is 4.69. The summed E-state index contributed by atoms with van der Waals surface area (Å²) in [5.74, 6) is 1.66. The van der Waals surface area contributed by atoms with Crippen LogP contribution in [-0.2, 0) is 6.54 Å². The van der Waals surface area contributed by atoms with E-state index in [9.17, 15) is 0 Å². The van der Waals surface area contributed by atoms with Gasteiger partial charge in [0, 0.05) is 29.1 Å². The number of rotatable bonds is 4. The Morgan fingerprint density at radius 3 is 2.84 bits per heavy atom. The number of aromatic nitrogens is 1. The molecule has 1 saturated carbocycles. The van der Waals surface area contributed by atoms with Gasteiger partial charge in [-0.05, 0) is 39.5 Å². The topological polar surface area (TPSA) is 24.9 Å². The number of hydrogen-bond donors (Lipinski definition) is 1. The minimum atomic E-state index is 0.183. The van der Waals surface area contributed by atoms with Gasteiger partial charge in [0.25, 0.3) is 0 Å². The molecule has 19 heavy (non-hydrogen) atoms. The van der Waals surface area contributed by atoms with E-state index < -0.39 is 0 Å². The van der Waals surface area contributed by atoms with Gasteiger partial charge in [0.15, 0.2) is 0 Å². The molecule has 0 bridgehead atoms. The molecule has 2 unspecified atom stereocenters. The highest BCUT2D eigenvalue weighted by Gasteiger charge is 2.24. The maximum atomic E-state index is 4.69. The van der Waals surface area contributed by atoms with Gasteiger partial charge in [-0.25, -0.2) is 4.98 Å². The van der Waals surface area contributed by atoms with E-state index in [0.717, 1.165) is 18.4 Å². The fourth-order valence-electron chi connectivity index (χ4n) is 2.83. The predicted molar refractivity (Wildman–Crippen MR) is 83.7 cm³/mol. The van der Waals surface area contributed by atoms with Gasteiger partial charge in [-0.1, -0.05) is 26.2 Å². The molecule has 3 heteroatoms. The second kappa shape index (κ2) is 6.36. The highest BCUT2D eigenvalue weighted by molar-refractivity contribution is 7.11. The summed E-state index contributed by atoms with van der Waals surface area (Å²) in [4.78, 5) is 6.07. The van der Waals surface area contributed by atoms with E-state index in [2.05, 4.69) is 44.2 Å². The van der Waals surface area contributed by atoms with Crippen LogP contribution in [0.3, 0.4) is 0 Å². The Kier molecular flexibility index (Phi) is 5.02. The summed E-state index contributed by atoms with van der Waals surface area (Å²) in [5, 5.41) is 4.92. The summed E-state index contributed by atoms with van der Waals surface area (Å²) < 4.78 is 0. The molecule has 1 aliphatic rings. The first-order valence-corrected chi connectivity index (χ1v) is 8.49. The van der Waals surface area contributed by atoms with Gasteiger partial charge < -0.3 is 5.32 Å². The van der Waals surface area contributed by atoms with Crippen LogP contribution in [0.25, 0.3) is 0 Å². The van der Waals surface area contributed by atoms with Crippen molar-refractivity contribution < 1.29 is 0 Å². The Bertz CT molecular complexity index is 392. The molecule has 1 aromatic heterocycles. The average molecular weight is 280 g/mol. The lowest BCUT2D eigenvalue weighted by Gasteiger charge is -2.26. The fourth-order valence-corrected chi connectivity index (χ4v) is 3.84. The van der Waals surface area contributed by atoms with Gasteiger partial charge in [-0.15, -0.1) is 11.3 Å². The van der Waals surface area contributed by atoms with E-state index >= 15 is 0 Å². The Balaban J connectivity index is 1.93. The third-order valence-corrected chi connectivity index (χ3v) is 5.23. The van der Waals surface area contributed by atoms with Gasteiger partial charge in [0.2, 0.25) is 0 Å². The molecule has 2 atom stereocenters. The van der Waals surface area contributed by atoms with Crippen molar-refractivity contribution in [1.82, 2.24) is 10.3 Å². The summed E-state index contributed by atoms with van der Waals surface area (Å²) in [5.41, 5.74) is 0.183. The molecule has 1 N–H and O–H groups in total. The lowest BCUT2D eigenvalue weighted by Crippen LogP contribution is -2.34. The minimum absolute atomic E-state index is 0.183. The van der Waals surface area contributed by atoms with Gasteiger partial charge in [0.1, 0.15) is 0 Å². The molecular weight excluding hydrogens is 252 g/mol. The van der Waals surface area contributed by atoms with E-state index in [4.69, 9.17) is 0 Å². The summed E-state index contributed by atoms with van der Waals surface area (Å²) in [6.07, 6.45) is 8.93. The molecule has 2 rings (SSSR count). The summed E-state index contributed by atoms with van der Waals surface area (Å²) in [6.45, 7) is 9.91. The van der Waals surface area contributed by atoms with Crippen LogP contribution in [0, 0.1) is 5.92 Å². The monoisotopic (exact) mass is 280 g/mol. The Labute approximate surface area is 122 Å².